The predicted molar refractivity (Wildman–Crippen MR) is 78.4 cm³/mol. The Labute approximate surface area is 117 Å². The average molecular weight is 305 g/mol. The second kappa shape index (κ2) is 6.12. The van der Waals surface area contributed by atoms with Crippen LogP contribution in [0.15, 0.2) is 47.1 Å². The lowest BCUT2D eigenvalue weighted by atomic mass is 10.1. The summed E-state index contributed by atoms with van der Waals surface area (Å²) in [6.07, 6.45) is 1.83. The van der Waals surface area contributed by atoms with Gasteiger partial charge >= 0.3 is 0 Å². The topological polar surface area (TPSA) is 24.9 Å². The molecule has 94 valence electrons. The summed E-state index contributed by atoms with van der Waals surface area (Å²) >= 11 is 3.52. The lowest BCUT2D eigenvalue weighted by Crippen LogP contribution is -2.19. The Morgan fingerprint density at radius 3 is 2.78 bits per heavy atom. The molecule has 0 saturated carbocycles. The van der Waals surface area contributed by atoms with Gasteiger partial charge in [0.15, 0.2) is 0 Å². The van der Waals surface area contributed by atoms with Crippen LogP contribution in [0.25, 0.3) is 0 Å². The van der Waals surface area contributed by atoms with Crippen LogP contribution in [-0.2, 0) is 6.54 Å². The van der Waals surface area contributed by atoms with Gasteiger partial charge in [0.05, 0.1) is 5.69 Å². The number of nitrogens with zero attached hydrogens (tertiary/aromatic N) is 1. The second-order valence-corrected chi connectivity index (χ2v) is 5.30. The van der Waals surface area contributed by atoms with Crippen molar-refractivity contribution in [1.29, 1.82) is 0 Å². The second-order valence-electron chi connectivity index (χ2n) is 4.44. The normalized spacial score (nSPS) is 12.4. The van der Waals surface area contributed by atoms with Gasteiger partial charge in [-0.15, -0.1) is 0 Å². The minimum atomic E-state index is 0.259. The summed E-state index contributed by atoms with van der Waals surface area (Å²) in [7, 11) is 0. The molecule has 1 unspecified atom stereocenters. The molecule has 0 radical (unpaired) electrons. The van der Waals surface area contributed by atoms with E-state index in [-0.39, 0.29) is 6.04 Å². The SMILES string of the molecule is Cc1cc(CNC(C)c2ccccn2)ccc1Br. The van der Waals surface area contributed by atoms with Crippen molar-refractivity contribution in [1.82, 2.24) is 10.3 Å². The van der Waals surface area contributed by atoms with E-state index in [0.717, 1.165) is 16.7 Å². The van der Waals surface area contributed by atoms with Gasteiger partial charge in [-0.1, -0.05) is 34.1 Å². The Morgan fingerprint density at radius 1 is 1.28 bits per heavy atom. The summed E-state index contributed by atoms with van der Waals surface area (Å²) < 4.78 is 1.16. The van der Waals surface area contributed by atoms with E-state index < -0.39 is 0 Å². The maximum absolute atomic E-state index is 4.35. The zero-order valence-electron chi connectivity index (χ0n) is 10.7. The van der Waals surface area contributed by atoms with Crippen LogP contribution in [-0.4, -0.2) is 4.98 Å². The molecule has 0 aliphatic heterocycles. The number of hydrogen-bond donors (Lipinski definition) is 1. The minimum absolute atomic E-state index is 0.259. The molecule has 3 heteroatoms. The summed E-state index contributed by atoms with van der Waals surface area (Å²) in [4.78, 5) is 4.35. The van der Waals surface area contributed by atoms with Gasteiger partial charge in [0.25, 0.3) is 0 Å². The number of aromatic nitrogens is 1. The molecule has 2 nitrogen and oxygen atoms in total. The van der Waals surface area contributed by atoms with E-state index in [0.29, 0.717) is 0 Å². The fourth-order valence-corrected chi connectivity index (χ4v) is 2.07. The van der Waals surface area contributed by atoms with Crippen LogP contribution in [0.2, 0.25) is 0 Å². The highest BCUT2D eigenvalue weighted by atomic mass is 79.9. The van der Waals surface area contributed by atoms with Gasteiger partial charge in [0, 0.05) is 23.3 Å². The third-order valence-electron chi connectivity index (χ3n) is 2.97. The molecule has 0 aliphatic rings. The van der Waals surface area contributed by atoms with Crippen molar-refractivity contribution in [3.8, 4) is 0 Å². The standard InChI is InChI=1S/C15H17BrN2/c1-11-9-13(6-7-14(11)16)10-18-12(2)15-5-3-4-8-17-15/h3-9,12,18H,10H2,1-2H3. The van der Waals surface area contributed by atoms with E-state index in [1.807, 2.05) is 24.4 Å². The van der Waals surface area contributed by atoms with Crippen molar-refractivity contribution in [2.45, 2.75) is 26.4 Å². The Kier molecular flexibility index (Phi) is 4.50. The van der Waals surface area contributed by atoms with Gasteiger partial charge in [0.2, 0.25) is 0 Å². The number of halogens is 1. The van der Waals surface area contributed by atoms with Gasteiger partial charge in [-0.2, -0.15) is 0 Å². The number of rotatable bonds is 4. The molecule has 2 rings (SSSR count). The number of nitrogens with one attached hydrogen (secondary N) is 1. The Balaban J connectivity index is 1.97. The first-order valence-electron chi connectivity index (χ1n) is 6.06. The lowest BCUT2D eigenvalue weighted by Gasteiger charge is -2.13. The summed E-state index contributed by atoms with van der Waals surface area (Å²) in [5.74, 6) is 0. The van der Waals surface area contributed by atoms with Crippen LogP contribution in [0.3, 0.4) is 0 Å². The molecule has 0 spiro atoms. The first-order valence-corrected chi connectivity index (χ1v) is 6.85. The predicted octanol–water partition coefficient (Wildman–Crippen LogP) is 4.00. The van der Waals surface area contributed by atoms with Crippen LogP contribution in [0.1, 0.15) is 29.8 Å². The molecule has 1 aromatic carbocycles. The number of pyridine rings is 1. The molecule has 1 aromatic heterocycles. The smallest absolute Gasteiger partial charge is 0.0570 e. The van der Waals surface area contributed by atoms with Crippen molar-refractivity contribution in [2.24, 2.45) is 0 Å². The van der Waals surface area contributed by atoms with E-state index in [4.69, 9.17) is 0 Å². The monoisotopic (exact) mass is 304 g/mol. The van der Waals surface area contributed by atoms with Crippen molar-refractivity contribution < 1.29 is 0 Å². The molecule has 2 aromatic rings. The minimum Gasteiger partial charge on any atom is -0.305 e. The van der Waals surface area contributed by atoms with E-state index in [2.05, 4.69) is 58.3 Å². The Hall–Kier alpha value is -1.19. The maximum atomic E-state index is 4.35. The van der Waals surface area contributed by atoms with Gasteiger partial charge in [-0.25, -0.2) is 0 Å². The fourth-order valence-electron chi connectivity index (χ4n) is 1.82. The van der Waals surface area contributed by atoms with Crippen LogP contribution in [0, 0.1) is 6.92 Å². The van der Waals surface area contributed by atoms with Gasteiger partial charge in [-0.3, -0.25) is 4.98 Å². The zero-order valence-corrected chi connectivity index (χ0v) is 12.2. The van der Waals surface area contributed by atoms with Crippen LogP contribution in [0.5, 0.6) is 0 Å². The largest absolute Gasteiger partial charge is 0.305 e. The molecule has 1 atom stereocenters. The van der Waals surface area contributed by atoms with Crippen LogP contribution in [0.4, 0.5) is 0 Å². The van der Waals surface area contributed by atoms with Crippen molar-refractivity contribution in [3.63, 3.8) is 0 Å². The maximum Gasteiger partial charge on any atom is 0.0570 e. The van der Waals surface area contributed by atoms with Gasteiger partial charge in [-0.05, 0) is 43.2 Å². The van der Waals surface area contributed by atoms with Gasteiger partial charge < -0.3 is 5.32 Å². The van der Waals surface area contributed by atoms with Crippen LogP contribution < -0.4 is 5.32 Å². The third kappa shape index (κ3) is 3.40. The zero-order chi connectivity index (χ0) is 13.0. The molecule has 0 fully saturated rings. The summed E-state index contributed by atoms with van der Waals surface area (Å²) in [6.45, 7) is 5.09. The molecule has 18 heavy (non-hydrogen) atoms. The number of aryl methyl sites for hydroxylation is 1. The number of benzene rings is 1. The molecule has 0 aliphatic carbocycles. The Bertz CT molecular complexity index is 511. The third-order valence-corrected chi connectivity index (χ3v) is 3.86. The first kappa shape index (κ1) is 13.2. The van der Waals surface area contributed by atoms with E-state index in [1.165, 1.54) is 11.1 Å². The number of hydrogen-bond acceptors (Lipinski definition) is 2. The lowest BCUT2D eigenvalue weighted by molar-refractivity contribution is 0.561. The molecular weight excluding hydrogens is 288 g/mol. The molecule has 1 N–H and O–H groups in total. The quantitative estimate of drug-likeness (QED) is 0.923. The van der Waals surface area contributed by atoms with Crippen molar-refractivity contribution >= 4 is 15.9 Å². The van der Waals surface area contributed by atoms with Gasteiger partial charge in [0.1, 0.15) is 0 Å². The van der Waals surface area contributed by atoms with Crippen molar-refractivity contribution in [3.05, 3.63) is 63.9 Å². The molecule has 0 bridgehead atoms. The summed E-state index contributed by atoms with van der Waals surface area (Å²) in [5, 5.41) is 3.48. The first-order chi connectivity index (χ1) is 8.66. The van der Waals surface area contributed by atoms with E-state index in [9.17, 15) is 0 Å². The Morgan fingerprint density at radius 2 is 2.11 bits per heavy atom. The van der Waals surface area contributed by atoms with Crippen molar-refractivity contribution in [2.75, 3.05) is 0 Å². The highest BCUT2D eigenvalue weighted by Crippen LogP contribution is 2.17. The summed E-state index contributed by atoms with van der Waals surface area (Å²) in [5.41, 5.74) is 3.63. The highest BCUT2D eigenvalue weighted by Gasteiger charge is 2.05. The highest BCUT2D eigenvalue weighted by molar-refractivity contribution is 9.10. The summed E-state index contributed by atoms with van der Waals surface area (Å²) in [6, 6.07) is 12.7. The molecule has 0 amide bonds. The molecule has 0 saturated heterocycles. The van der Waals surface area contributed by atoms with E-state index >= 15 is 0 Å². The van der Waals surface area contributed by atoms with Crippen LogP contribution >= 0.6 is 15.9 Å². The fraction of sp³-hybridized carbons (Fsp3) is 0.267. The van der Waals surface area contributed by atoms with E-state index in [1.54, 1.807) is 0 Å². The molecule has 1 heterocycles. The molecular formula is C15H17BrN2. The average Bonchev–Trinajstić information content (AvgIpc) is 2.41.